The van der Waals surface area contributed by atoms with Crippen LogP contribution in [0.2, 0.25) is 0 Å². The second kappa shape index (κ2) is 6.48. The number of hydrogen-bond acceptors (Lipinski definition) is 6. The van der Waals surface area contributed by atoms with E-state index in [1.54, 1.807) is 12.3 Å². The van der Waals surface area contributed by atoms with Gasteiger partial charge in [0.1, 0.15) is 11.8 Å². The smallest absolute Gasteiger partial charge is 0.416 e. The number of carbonyl (C=O) groups excluding carboxylic acids is 1. The van der Waals surface area contributed by atoms with Crippen molar-refractivity contribution in [1.82, 2.24) is 14.8 Å². The number of fused-ring (bicyclic) bond motifs is 1. The fourth-order valence-electron chi connectivity index (χ4n) is 4.12. The number of allylic oxidation sites excluding steroid dienone is 2. The van der Waals surface area contributed by atoms with Crippen LogP contribution in [0.1, 0.15) is 41.7 Å². The minimum Gasteiger partial charge on any atom is -0.469 e. The second-order valence-electron chi connectivity index (χ2n) is 7.32. The Balaban J connectivity index is 1.60. The van der Waals surface area contributed by atoms with E-state index in [-0.39, 0.29) is 24.1 Å². The van der Waals surface area contributed by atoms with E-state index in [9.17, 15) is 18.0 Å². The lowest BCUT2D eigenvalue weighted by molar-refractivity contribution is -0.137. The van der Waals surface area contributed by atoms with E-state index >= 15 is 0 Å². The Morgan fingerprint density at radius 2 is 1.93 bits per heavy atom. The third-order valence-corrected chi connectivity index (χ3v) is 5.44. The van der Waals surface area contributed by atoms with Gasteiger partial charge in [-0.1, -0.05) is 12.1 Å². The molecule has 7 nitrogen and oxygen atoms in total. The summed E-state index contributed by atoms with van der Waals surface area (Å²) in [4.78, 5) is 17.3. The van der Waals surface area contributed by atoms with Gasteiger partial charge in [0.15, 0.2) is 5.78 Å². The van der Waals surface area contributed by atoms with Crippen LogP contribution >= 0.6 is 0 Å². The number of halogens is 3. The van der Waals surface area contributed by atoms with E-state index in [1.165, 1.54) is 16.8 Å². The van der Waals surface area contributed by atoms with Crippen LogP contribution in [-0.4, -0.2) is 20.5 Å². The highest BCUT2D eigenvalue weighted by molar-refractivity contribution is 6.00. The van der Waals surface area contributed by atoms with Crippen molar-refractivity contribution >= 4 is 17.7 Å². The number of anilines is 2. The number of nitrogens with one attached hydrogen (secondary N) is 1. The van der Waals surface area contributed by atoms with Crippen LogP contribution in [0.25, 0.3) is 0 Å². The summed E-state index contributed by atoms with van der Waals surface area (Å²) in [5.41, 5.74) is 6.59. The Hall–Kier alpha value is -3.56. The van der Waals surface area contributed by atoms with Crippen LogP contribution in [0.3, 0.4) is 0 Å². The van der Waals surface area contributed by atoms with Gasteiger partial charge in [0.25, 0.3) is 0 Å². The predicted octanol–water partition coefficient (Wildman–Crippen LogP) is 3.89. The van der Waals surface area contributed by atoms with Crippen LogP contribution in [0, 0.1) is 0 Å². The number of furan rings is 1. The van der Waals surface area contributed by atoms with Crippen LogP contribution in [0.15, 0.2) is 58.3 Å². The average Bonchev–Trinajstić information content (AvgIpc) is 3.34. The molecule has 10 heteroatoms. The maximum atomic E-state index is 13.1. The van der Waals surface area contributed by atoms with E-state index in [1.807, 2.05) is 6.07 Å². The van der Waals surface area contributed by atoms with Crippen LogP contribution in [-0.2, 0) is 11.0 Å². The summed E-state index contributed by atoms with van der Waals surface area (Å²) >= 11 is 0. The van der Waals surface area contributed by atoms with Crippen molar-refractivity contribution in [2.45, 2.75) is 31.0 Å². The lowest BCUT2D eigenvalue weighted by atomic mass is 9.79. The predicted molar refractivity (Wildman–Crippen MR) is 100 cm³/mol. The SMILES string of the molecule is Nc1nc2n(n1)[C@@H](c1ccc(C(F)(F)F)cc1)C1=C(C[C@H](c3ccco3)CC1=O)N2. The fraction of sp³-hybridized carbons (Fsp3) is 0.250. The summed E-state index contributed by atoms with van der Waals surface area (Å²) in [6.07, 6.45) is -2.17. The molecule has 2 aromatic heterocycles. The van der Waals surface area contributed by atoms with Crippen LogP contribution in [0.4, 0.5) is 25.1 Å². The number of Topliss-reactive ketones (excluding diaryl/α,β-unsaturated/α-hetero) is 1. The van der Waals surface area contributed by atoms with Gasteiger partial charge in [0, 0.05) is 23.6 Å². The van der Waals surface area contributed by atoms with Gasteiger partial charge in [0.05, 0.1) is 11.8 Å². The van der Waals surface area contributed by atoms with E-state index in [2.05, 4.69) is 15.4 Å². The molecule has 154 valence electrons. The zero-order valence-corrected chi connectivity index (χ0v) is 15.5. The van der Waals surface area contributed by atoms with Crippen molar-refractivity contribution in [1.29, 1.82) is 0 Å². The molecule has 0 saturated carbocycles. The summed E-state index contributed by atoms with van der Waals surface area (Å²) in [6, 6.07) is 7.58. The molecule has 1 aliphatic carbocycles. The molecule has 0 radical (unpaired) electrons. The zero-order valence-electron chi connectivity index (χ0n) is 15.5. The standard InChI is InChI=1S/C20H16F3N5O2/c21-20(22,23)12-5-3-10(4-6-12)17-16-13(25-19-26-18(24)27-28(17)19)8-11(9-14(16)29)15-2-1-7-30-15/h1-7,11,17H,8-9H2,(H3,24,25,26,27)/t11-,17-/m0/s1. The number of rotatable bonds is 2. The molecule has 5 rings (SSSR count). The molecule has 3 aromatic rings. The Labute approximate surface area is 168 Å². The molecule has 3 heterocycles. The summed E-state index contributed by atoms with van der Waals surface area (Å²) < 4.78 is 45.9. The highest BCUT2D eigenvalue weighted by Crippen LogP contribution is 2.44. The molecule has 2 aliphatic rings. The van der Waals surface area contributed by atoms with Crippen LogP contribution < -0.4 is 11.1 Å². The number of nitrogens with two attached hydrogens (primary N) is 1. The first-order valence-electron chi connectivity index (χ1n) is 9.27. The Morgan fingerprint density at radius 3 is 2.60 bits per heavy atom. The molecular weight excluding hydrogens is 399 g/mol. The quantitative estimate of drug-likeness (QED) is 0.659. The number of carbonyl (C=O) groups is 1. The van der Waals surface area contributed by atoms with Gasteiger partial charge >= 0.3 is 6.18 Å². The van der Waals surface area contributed by atoms with Crippen molar-refractivity contribution in [2.24, 2.45) is 0 Å². The van der Waals surface area contributed by atoms with Crippen LogP contribution in [0.5, 0.6) is 0 Å². The topological polar surface area (TPSA) is 99.0 Å². The van der Waals surface area contributed by atoms with E-state index in [0.717, 1.165) is 12.1 Å². The number of nitrogen functional groups attached to an aromatic ring is 1. The number of benzene rings is 1. The maximum Gasteiger partial charge on any atom is 0.416 e. The maximum absolute atomic E-state index is 13.1. The summed E-state index contributed by atoms with van der Waals surface area (Å²) in [5.74, 6) is 0.774. The molecule has 3 N–H and O–H groups in total. The molecule has 1 aliphatic heterocycles. The Kier molecular flexibility index (Phi) is 3.99. The molecule has 30 heavy (non-hydrogen) atoms. The molecule has 1 aromatic carbocycles. The largest absolute Gasteiger partial charge is 0.469 e. The molecule has 0 fully saturated rings. The minimum atomic E-state index is -4.45. The van der Waals surface area contributed by atoms with Crippen molar-refractivity contribution in [3.63, 3.8) is 0 Å². The molecule has 0 saturated heterocycles. The molecule has 0 bridgehead atoms. The monoisotopic (exact) mass is 415 g/mol. The summed E-state index contributed by atoms with van der Waals surface area (Å²) in [5, 5.41) is 7.29. The molecule has 2 atom stereocenters. The zero-order chi connectivity index (χ0) is 21.0. The van der Waals surface area contributed by atoms with E-state index < -0.39 is 17.8 Å². The van der Waals surface area contributed by atoms with Gasteiger partial charge in [-0.05, 0) is 36.2 Å². The van der Waals surface area contributed by atoms with Gasteiger partial charge in [-0.15, -0.1) is 5.10 Å². The molecular formula is C20H16F3N5O2. The van der Waals surface area contributed by atoms with Gasteiger partial charge < -0.3 is 15.5 Å². The number of nitrogens with zero attached hydrogens (tertiary/aromatic N) is 3. The van der Waals surface area contributed by atoms with E-state index in [0.29, 0.717) is 35.0 Å². The fourth-order valence-corrected chi connectivity index (χ4v) is 4.12. The minimum absolute atomic E-state index is 0.00397. The van der Waals surface area contributed by atoms with Gasteiger partial charge in [-0.2, -0.15) is 18.2 Å². The third-order valence-electron chi connectivity index (χ3n) is 5.44. The lowest BCUT2D eigenvalue weighted by Gasteiger charge is -2.34. The second-order valence-corrected chi connectivity index (χ2v) is 7.32. The van der Waals surface area contributed by atoms with Gasteiger partial charge in [-0.3, -0.25) is 4.79 Å². The van der Waals surface area contributed by atoms with Crippen molar-refractivity contribution in [3.8, 4) is 0 Å². The first kappa shape index (κ1) is 18.5. The number of alkyl halides is 3. The summed E-state index contributed by atoms with van der Waals surface area (Å²) in [7, 11) is 0. The average molecular weight is 415 g/mol. The first-order valence-corrected chi connectivity index (χ1v) is 9.27. The lowest BCUT2D eigenvalue weighted by Crippen LogP contribution is -2.33. The van der Waals surface area contributed by atoms with Crippen molar-refractivity contribution < 1.29 is 22.4 Å². The number of aromatic nitrogens is 3. The number of ketones is 1. The highest BCUT2D eigenvalue weighted by atomic mass is 19.4. The van der Waals surface area contributed by atoms with E-state index in [4.69, 9.17) is 10.2 Å². The molecule has 0 amide bonds. The first-order chi connectivity index (χ1) is 14.3. The normalized spacial score (nSPS) is 21.2. The van der Waals surface area contributed by atoms with Crippen molar-refractivity contribution in [3.05, 3.63) is 70.8 Å². The summed E-state index contributed by atoms with van der Waals surface area (Å²) in [6.45, 7) is 0. The Bertz CT molecular complexity index is 1150. The van der Waals surface area contributed by atoms with Crippen molar-refractivity contribution in [2.75, 3.05) is 11.1 Å². The molecule has 0 unspecified atom stereocenters. The molecule has 0 spiro atoms. The Morgan fingerprint density at radius 1 is 1.17 bits per heavy atom. The van der Waals surface area contributed by atoms with Gasteiger partial charge in [-0.25, -0.2) is 4.68 Å². The number of hydrogen-bond donors (Lipinski definition) is 2. The third kappa shape index (κ3) is 2.95. The van der Waals surface area contributed by atoms with Gasteiger partial charge in [0.2, 0.25) is 11.9 Å². The highest BCUT2D eigenvalue weighted by Gasteiger charge is 2.40.